The zero-order valence-electron chi connectivity index (χ0n) is 21.2. The SMILES string of the molecule is CCc1c(OCOC)cc(OCOC)c(-c2cccc(CCC(C)O)c2)c1CCOCCOC. The number of rotatable bonds is 17. The first kappa shape index (κ1) is 28.1. The second kappa shape index (κ2) is 15.7. The van der Waals surface area contributed by atoms with Gasteiger partial charge in [0.2, 0.25) is 0 Å². The van der Waals surface area contributed by atoms with Crippen LogP contribution < -0.4 is 9.47 Å². The predicted molar refractivity (Wildman–Crippen MR) is 133 cm³/mol. The van der Waals surface area contributed by atoms with E-state index in [1.165, 1.54) is 0 Å². The monoisotopic (exact) mass is 476 g/mol. The summed E-state index contributed by atoms with van der Waals surface area (Å²) < 4.78 is 33.3. The molecule has 0 radical (unpaired) electrons. The smallest absolute Gasteiger partial charge is 0.188 e. The summed E-state index contributed by atoms with van der Waals surface area (Å²) in [5, 5.41) is 9.73. The van der Waals surface area contributed by atoms with Gasteiger partial charge in [0.15, 0.2) is 13.6 Å². The van der Waals surface area contributed by atoms with Crippen molar-refractivity contribution in [1.29, 1.82) is 0 Å². The molecule has 0 saturated heterocycles. The Hall–Kier alpha value is -2.16. The van der Waals surface area contributed by atoms with Crippen LogP contribution >= 0.6 is 0 Å². The molecule has 0 heterocycles. The van der Waals surface area contributed by atoms with Gasteiger partial charge < -0.3 is 33.5 Å². The fourth-order valence-electron chi connectivity index (χ4n) is 3.87. The minimum absolute atomic E-state index is 0.119. The van der Waals surface area contributed by atoms with Gasteiger partial charge in [-0.2, -0.15) is 0 Å². The minimum Gasteiger partial charge on any atom is -0.467 e. The molecular formula is C27H40O7. The maximum Gasteiger partial charge on any atom is 0.188 e. The summed E-state index contributed by atoms with van der Waals surface area (Å²) in [5.41, 5.74) is 5.44. The summed E-state index contributed by atoms with van der Waals surface area (Å²) in [4.78, 5) is 0. The van der Waals surface area contributed by atoms with E-state index in [0.29, 0.717) is 38.4 Å². The van der Waals surface area contributed by atoms with Crippen LogP contribution in [0.3, 0.4) is 0 Å². The predicted octanol–water partition coefficient (Wildman–Crippen LogP) is 4.40. The van der Waals surface area contributed by atoms with E-state index in [1.54, 1.807) is 21.3 Å². The third kappa shape index (κ3) is 8.56. The highest BCUT2D eigenvalue weighted by Gasteiger charge is 2.21. The van der Waals surface area contributed by atoms with E-state index in [2.05, 4.69) is 25.1 Å². The van der Waals surface area contributed by atoms with Crippen LogP contribution in [-0.2, 0) is 38.2 Å². The first-order chi connectivity index (χ1) is 16.5. The van der Waals surface area contributed by atoms with Crippen LogP contribution in [0.2, 0.25) is 0 Å². The summed E-state index contributed by atoms with van der Waals surface area (Å²) in [5.74, 6) is 1.42. The highest BCUT2D eigenvalue weighted by molar-refractivity contribution is 5.78. The largest absolute Gasteiger partial charge is 0.467 e. The van der Waals surface area contributed by atoms with E-state index < -0.39 is 0 Å². The highest BCUT2D eigenvalue weighted by atomic mass is 16.7. The number of hydrogen-bond donors (Lipinski definition) is 1. The quantitative estimate of drug-likeness (QED) is 0.268. The van der Waals surface area contributed by atoms with E-state index in [0.717, 1.165) is 46.4 Å². The lowest BCUT2D eigenvalue weighted by Crippen LogP contribution is -2.11. The fourth-order valence-corrected chi connectivity index (χ4v) is 3.87. The molecule has 7 heteroatoms. The standard InChI is InChI=1S/C27H40O7/c1-6-23-24(12-13-32-15-14-29-3)27(22-9-7-8-21(16-22)11-10-20(2)28)26(34-19-31-5)17-25(23)33-18-30-4/h7-9,16-17,20,28H,6,10-15,18-19H2,1-5H3. The highest BCUT2D eigenvalue weighted by Crippen LogP contribution is 2.42. The van der Waals surface area contributed by atoms with Gasteiger partial charge in [-0.1, -0.05) is 31.2 Å². The molecule has 34 heavy (non-hydrogen) atoms. The lowest BCUT2D eigenvalue weighted by Gasteiger charge is -2.23. The Morgan fingerprint density at radius 1 is 0.824 bits per heavy atom. The zero-order valence-corrected chi connectivity index (χ0v) is 21.2. The van der Waals surface area contributed by atoms with Gasteiger partial charge in [0.1, 0.15) is 11.5 Å². The number of hydrogen-bond acceptors (Lipinski definition) is 7. The Morgan fingerprint density at radius 2 is 1.56 bits per heavy atom. The van der Waals surface area contributed by atoms with Gasteiger partial charge in [-0.25, -0.2) is 0 Å². The molecule has 0 fully saturated rings. The summed E-state index contributed by atoms with van der Waals surface area (Å²) in [6, 6.07) is 10.3. The molecule has 0 aliphatic rings. The number of ether oxygens (including phenoxy) is 6. The Balaban J connectivity index is 2.57. The van der Waals surface area contributed by atoms with E-state index >= 15 is 0 Å². The molecule has 2 aromatic rings. The van der Waals surface area contributed by atoms with Gasteiger partial charge in [0, 0.05) is 33.0 Å². The van der Waals surface area contributed by atoms with E-state index in [1.807, 2.05) is 19.1 Å². The van der Waals surface area contributed by atoms with Gasteiger partial charge >= 0.3 is 0 Å². The topological polar surface area (TPSA) is 75.6 Å². The summed E-state index contributed by atoms with van der Waals surface area (Å²) >= 11 is 0. The van der Waals surface area contributed by atoms with Gasteiger partial charge in [-0.3, -0.25) is 0 Å². The van der Waals surface area contributed by atoms with E-state index in [9.17, 15) is 5.11 Å². The summed E-state index contributed by atoms with van der Waals surface area (Å²) in [6.07, 6.45) is 2.64. The van der Waals surface area contributed by atoms with Crippen molar-refractivity contribution < 1.29 is 33.5 Å². The second-order valence-electron chi connectivity index (χ2n) is 8.10. The van der Waals surface area contributed by atoms with Crippen molar-refractivity contribution in [2.75, 3.05) is 54.7 Å². The molecule has 0 aliphatic carbocycles. The van der Waals surface area contributed by atoms with Crippen LogP contribution in [0, 0.1) is 0 Å². The zero-order chi connectivity index (χ0) is 24.8. The average Bonchev–Trinajstić information content (AvgIpc) is 2.84. The number of benzene rings is 2. The van der Waals surface area contributed by atoms with Crippen LogP contribution in [0.5, 0.6) is 11.5 Å². The molecule has 0 aliphatic heterocycles. The van der Waals surface area contributed by atoms with Crippen molar-refractivity contribution in [2.24, 2.45) is 0 Å². The molecule has 2 aromatic carbocycles. The molecule has 0 saturated carbocycles. The minimum atomic E-state index is -0.340. The van der Waals surface area contributed by atoms with Gasteiger partial charge in [0.05, 0.1) is 25.9 Å². The Bertz CT molecular complexity index is 851. The Morgan fingerprint density at radius 3 is 2.21 bits per heavy atom. The third-order valence-electron chi connectivity index (χ3n) is 5.48. The molecule has 1 N–H and O–H groups in total. The third-order valence-corrected chi connectivity index (χ3v) is 5.48. The van der Waals surface area contributed by atoms with Crippen molar-refractivity contribution in [3.8, 4) is 22.6 Å². The van der Waals surface area contributed by atoms with E-state index in [4.69, 9.17) is 28.4 Å². The van der Waals surface area contributed by atoms with Crippen LogP contribution in [0.15, 0.2) is 30.3 Å². The lowest BCUT2D eigenvalue weighted by molar-refractivity contribution is 0.0456. The maximum absolute atomic E-state index is 9.73. The van der Waals surface area contributed by atoms with Gasteiger partial charge in [0.25, 0.3) is 0 Å². The summed E-state index contributed by atoms with van der Waals surface area (Å²) in [7, 11) is 4.87. The molecule has 1 unspecified atom stereocenters. The van der Waals surface area contributed by atoms with Crippen LogP contribution in [0.4, 0.5) is 0 Å². The lowest BCUT2D eigenvalue weighted by atomic mass is 9.89. The van der Waals surface area contributed by atoms with Crippen molar-refractivity contribution in [3.63, 3.8) is 0 Å². The molecule has 1 atom stereocenters. The number of aryl methyl sites for hydroxylation is 1. The molecule has 0 spiro atoms. The molecule has 0 amide bonds. The van der Waals surface area contributed by atoms with Crippen molar-refractivity contribution in [3.05, 3.63) is 47.0 Å². The first-order valence-electron chi connectivity index (χ1n) is 11.8. The van der Waals surface area contributed by atoms with Crippen LogP contribution in [0.25, 0.3) is 11.1 Å². The van der Waals surface area contributed by atoms with Gasteiger partial charge in [-0.05, 0) is 54.9 Å². The van der Waals surface area contributed by atoms with Crippen LogP contribution in [0.1, 0.15) is 37.0 Å². The summed E-state index contributed by atoms with van der Waals surface area (Å²) in [6.45, 7) is 5.83. The molecule has 2 rings (SSSR count). The first-order valence-corrected chi connectivity index (χ1v) is 11.8. The molecule has 7 nitrogen and oxygen atoms in total. The Kier molecular flexibility index (Phi) is 13.0. The maximum atomic E-state index is 9.73. The number of aliphatic hydroxyl groups excluding tert-OH is 1. The Labute approximate surface area is 203 Å². The molecule has 0 bridgehead atoms. The fraction of sp³-hybridized carbons (Fsp3) is 0.556. The van der Waals surface area contributed by atoms with Crippen molar-refractivity contribution in [2.45, 2.75) is 45.6 Å². The molecule has 190 valence electrons. The molecular weight excluding hydrogens is 436 g/mol. The van der Waals surface area contributed by atoms with E-state index in [-0.39, 0.29) is 19.7 Å². The average molecular weight is 477 g/mol. The molecule has 0 aromatic heterocycles. The van der Waals surface area contributed by atoms with Crippen molar-refractivity contribution >= 4 is 0 Å². The number of aliphatic hydroxyl groups is 1. The van der Waals surface area contributed by atoms with Gasteiger partial charge in [-0.15, -0.1) is 0 Å². The normalized spacial score (nSPS) is 12.1. The van der Waals surface area contributed by atoms with Crippen molar-refractivity contribution in [1.82, 2.24) is 0 Å². The second-order valence-corrected chi connectivity index (χ2v) is 8.10. The van der Waals surface area contributed by atoms with Crippen LogP contribution in [-0.4, -0.2) is 65.9 Å². The number of methoxy groups -OCH3 is 3.